The van der Waals surface area contributed by atoms with Crippen molar-refractivity contribution >= 4 is 23.5 Å². The minimum atomic E-state index is -0.178. The summed E-state index contributed by atoms with van der Waals surface area (Å²) >= 11 is 1.63. The molecule has 2 fully saturated rings. The van der Waals surface area contributed by atoms with Crippen LogP contribution in [0.1, 0.15) is 46.3 Å². The van der Waals surface area contributed by atoms with Gasteiger partial charge >= 0.3 is 5.97 Å². The second-order valence-corrected chi connectivity index (χ2v) is 9.98. The predicted octanol–water partition coefficient (Wildman–Crippen LogP) is 3.71. The van der Waals surface area contributed by atoms with Crippen LogP contribution in [0.25, 0.3) is 0 Å². The number of piperidine rings is 1. The molecule has 7 heteroatoms. The lowest BCUT2D eigenvalue weighted by Crippen LogP contribution is -2.42. The zero-order valence-electron chi connectivity index (χ0n) is 18.4. The highest BCUT2D eigenvalue weighted by Gasteiger charge is 2.41. The summed E-state index contributed by atoms with van der Waals surface area (Å²) in [6.07, 6.45) is 6.83. The van der Waals surface area contributed by atoms with Crippen molar-refractivity contribution in [1.29, 1.82) is 0 Å². The lowest BCUT2D eigenvalue weighted by molar-refractivity contribution is 0.0535. The predicted molar refractivity (Wildman–Crippen MR) is 123 cm³/mol. The van der Waals surface area contributed by atoms with Gasteiger partial charge in [-0.2, -0.15) is 0 Å². The van der Waals surface area contributed by atoms with Gasteiger partial charge in [-0.15, -0.1) is 22.0 Å². The first-order chi connectivity index (χ1) is 15.1. The highest BCUT2D eigenvalue weighted by molar-refractivity contribution is 7.98. The molecule has 0 aliphatic carbocycles. The Morgan fingerprint density at radius 3 is 2.65 bits per heavy atom. The summed E-state index contributed by atoms with van der Waals surface area (Å²) in [5.74, 6) is 0.842. The molecule has 0 N–H and O–H groups in total. The first kappa shape index (κ1) is 20.8. The highest BCUT2D eigenvalue weighted by atomic mass is 32.2. The third-order valence-electron chi connectivity index (χ3n) is 7.49. The van der Waals surface area contributed by atoms with E-state index in [1.54, 1.807) is 11.8 Å². The number of carbonyl (C=O) groups is 1. The first-order valence-electron chi connectivity index (χ1n) is 11.2. The van der Waals surface area contributed by atoms with E-state index in [1.165, 1.54) is 30.4 Å². The molecule has 6 nitrogen and oxygen atoms in total. The molecule has 3 aliphatic heterocycles. The summed E-state index contributed by atoms with van der Waals surface area (Å²) < 4.78 is 5.20. The van der Waals surface area contributed by atoms with Gasteiger partial charge in [0, 0.05) is 25.2 Å². The molecular weight excluding hydrogens is 408 g/mol. The second-order valence-electron chi connectivity index (χ2n) is 9.15. The highest BCUT2D eigenvalue weighted by Crippen LogP contribution is 2.41. The minimum absolute atomic E-state index is 0.178. The minimum Gasteiger partial charge on any atom is -0.457 e. The second kappa shape index (κ2) is 8.43. The van der Waals surface area contributed by atoms with E-state index in [9.17, 15) is 4.79 Å². The van der Waals surface area contributed by atoms with Gasteiger partial charge in [0.2, 0.25) is 0 Å². The lowest BCUT2D eigenvalue weighted by Gasteiger charge is -2.39. The van der Waals surface area contributed by atoms with Crippen molar-refractivity contribution in [2.24, 2.45) is 5.41 Å². The molecule has 5 rings (SSSR count). The van der Waals surface area contributed by atoms with Crippen LogP contribution in [0.2, 0.25) is 0 Å². The number of cyclic esters (lactones) is 1. The fraction of sp³-hybridized carbons (Fsp3) is 0.542. The number of nitrogens with zero attached hydrogens (tertiary/aromatic N) is 4. The van der Waals surface area contributed by atoms with E-state index >= 15 is 0 Å². The average Bonchev–Trinajstić information content (AvgIpc) is 3.39. The zero-order chi connectivity index (χ0) is 21.4. The van der Waals surface area contributed by atoms with Crippen LogP contribution < -0.4 is 4.90 Å². The van der Waals surface area contributed by atoms with E-state index in [2.05, 4.69) is 45.1 Å². The summed E-state index contributed by atoms with van der Waals surface area (Å²) in [7, 11) is 0. The molecule has 1 aromatic heterocycles. The van der Waals surface area contributed by atoms with Gasteiger partial charge in [0.1, 0.15) is 11.6 Å². The number of anilines is 1. The van der Waals surface area contributed by atoms with Gasteiger partial charge < -0.3 is 14.5 Å². The first-order valence-corrected chi connectivity index (χ1v) is 12.4. The van der Waals surface area contributed by atoms with Gasteiger partial charge in [0.25, 0.3) is 0 Å². The summed E-state index contributed by atoms with van der Waals surface area (Å²) in [5, 5.41) is 9.73. The molecular formula is C24H30N4O2S. The SMILES string of the molecule is CSc1ccc(N2CCC3(CCN(CCc4ccc5c(c4C)COC5=O)CC3)C2)nn1. The van der Waals surface area contributed by atoms with Crippen molar-refractivity contribution in [3.63, 3.8) is 0 Å². The van der Waals surface area contributed by atoms with Crippen LogP contribution in [0.3, 0.4) is 0 Å². The maximum absolute atomic E-state index is 11.8. The molecule has 0 radical (unpaired) electrons. The van der Waals surface area contributed by atoms with Crippen molar-refractivity contribution in [2.45, 2.75) is 44.2 Å². The molecule has 31 heavy (non-hydrogen) atoms. The van der Waals surface area contributed by atoms with Crippen LogP contribution in [0, 0.1) is 12.3 Å². The number of thioether (sulfide) groups is 1. The Kier molecular flexibility index (Phi) is 5.65. The molecule has 0 saturated carbocycles. The smallest absolute Gasteiger partial charge is 0.338 e. The van der Waals surface area contributed by atoms with E-state index < -0.39 is 0 Å². The third-order valence-corrected chi connectivity index (χ3v) is 8.13. The van der Waals surface area contributed by atoms with Crippen LogP contribution in [-0.4, -0.2) is 60.0 Å². The number of benzene rings is 1. The van der Waals surface area contributed by atoms with E-state index in [0.29, 0.717) is 12.0 Å². The number of fused-ring (bicyclic) bond motifs is 1. The number of hydrogen-bond donors (Lipinski definition) is 0. The largest absolute Gasteiger partial charge is 0.457 e. The Morgan fingerprint density at radius 2 is 1.90 bits per heavy atom. The Hall–Kier alpha value is -2.12. The monoisotopic (exact) mass is 438 g/mol. The van der Waals surface area contributed by atoms with E-state index in [0.717, 1.165) is 61.1 Å². The molecule has 0 atom stereocenters. The maximum atomic E-state index is 11.8. The fourth-order valence-corrected chi connectivity index (χ4v) is 5.65. The molecule has 1 spiro atoms. The van der Waals surface area contributed by atoms with Gasteiger partial charge in [-0.25, -0.2) is 4.79 Å². The molecule has 2 aromatic rings. The number of carbonyl (C=O) groups excluding carboxylic acids is 1. The van der Waals surface area contributed by atoms with Crippen molar-refractivity contribution in [1.82, 2.24) is 15.1 Å². The summed E-state index contributed by atoms with van der Waals surface area (Å²) in [6.45, 7) is 8.15. The van der Waals surface area contributed by atoms with E-state index in [-0.39, 0.29) is 5.97 Å². The lowest BCUT2D eigenvalue weighted by atomic mass is 9.77. The summed E-state index contributed by atoms with van der Waals surface area (Å²) in [5.41, 5.74) is 4.84. The van der Waals surface area contributed by atoms with Crippen LogP contribution in [-0.2, 0) is 17.8 Å². The van der Waals surface area contributed by atoms with Crippen molar-refractivity contribution in [3.05, 3.63) is 46.5 Å². The average molecular weight is 439 g/mol. The molecule has 1 aromatic carbocycles. The number of likely N-dealkylation sites (tertiary alicyclic amines) is 1. The molecule has 0 unspecified atom stereocenters. The topological polar surface area (TPSA) is 58.6 Å². The van der Waals surface area contributed by atoms with Gasteiger partial charge in [-0.05, 0) is 86.7 Å². The van der Waals surface area contributed by atoms with Crippen molar-refractivity contribution in [2.75, 3.05) is 43.9 Å². The molecule has 4 heterocycles. The quantitative estimate of drug-likeness (QED) is 0.521. The van der Waals surface area contributed by atoms with Crippen LogP contribution in [0.15, 0.2) is 29.3 Å². The Labute approximate surface area is 188 Å². The van der Waals surface area contributed by atoms with Crippen molar-refractivity contribution < 1.29 is 9.53 Å². The van der Waals surface area contributed by atoms with Gasteiger partial charge in [-0.3, -0.25) is 0 Å². The molecule has 0 bridgehead atoms. The van der Waals surface area contributed by atoms with Crippen LogP contribution >= 0.6 is 11.8 Å². The number of ether oxygens (including phenoxy) is 1. The summed E-state index contributed by atoms with van der Waals surface area (Å²) in [4.78, 5) is 16.8. The zero-order valence-corrected chi connectivity index (χ0v) is 19.2. The molecule has 164 valence electrons. The van der Waals surface area contributed by atoms with Gasteiger partial charge in [0.15, 0.2) is 5.82 Å². The summed E-state index contributed by atoms with van der Waals surface area (Å²) in [6, 6.07) is 8.25. The third kappa shape index (κ3) is 4.05. The Bertz CT molecular complexity index is 970. The Balaban J connectivity index is 1.15. The van der Waals surface area contributed by atoms with Crippen LogP contribution in [0.4, 0.5) is 5.82 Å². The maximum Gasteiger partial charge on any atom is 0.338 e. The standard InChI is InChI=1S/C24H30N4O2S/c1-17-18(3-4-19-20(17)15-30-23(19)29)7-11-27-12-8-24(9-13-27)10-14-28(16-24)21-5-6-22(31-2)26-25-21/h3-6H,7-16H2,1-2H3. The van der Waals surface area contributed by atoms with Crippen LogP contribution in [0.5, 0.6) is 0 Å². The molecule has 3 aliphatic rings. The van der Waals surface area contributed by atoms with Gasteiger partial charge in [-0.1, -0.05) is 6.07 Å². The normalized spacial score (nSPS) is 20.3. The number of rotatable bonds is 5. The van der Waals surface area contributed by atoms with E-state index in [4.69, 9.17) is 4.74 Å². The van der Waals surface area contributed by atoms with Crippen molar-refractivity contribution in [3.8, 4) is 0 Å². The molecule has 0 amide bonds. The number of esters is 1. The number of aromatic nitrogens is 2. The number of hydrogen-bond acceptors (Lipinski definition) is 7. The van der Waals surface area contributed by atoms with Gasteiger partial charge in [0.05, 0.1) is 5.56 Å². The molecule has 2 saturated heterocycles. The van der Waals surface area contributed by atoms with E-state index in [1.807, 2.05) is 12.3 Å². The fourth-order valence-electron chi connectivity index (χ4n) is 5.33. The Morgan fingerprint density at radius 1 is 1.10 bits per heavy atom.